The largest absolute Gasteiger partial charge is 0.336 e. The highest BCUT2D eigenvalue weighted by Crippen LogP contribution is 2.13. The van der Waals surface area contributed by atoms with Gasteiger partial charge in [0.1, 0.15) is 0 Å². The molecule has 3 amide bonds. The number of anilines is 2. The first-order valence-electron chi connectivity index (χ1n) is 7.45. The van der Waals surface area contributed by atoms with E-state index in [0.29, 0.717) is 24.0 Å². The van der Waals surface area contributed by atoms with E-state index in [-0.39, 0.29) is 18.0 Å². The van der Waals surface area contributed by atoms with Gasteiger partial charge in [-0.3, -0.25) is 9.69 Å². The monoisotopic (exact) mass is 306 g/mol. The lowest BCUT2D eigenvalue weighted by Gasteiger charge is -2.20. The van der Waals surface area contributed by atoms with Gasteiger partial charge in [-0.2, -0.15) is 0 Å². The van der Waals surface area contributed by atoms with E-state index in [0.717, 1.165) is 0 Å². The normalized spacial score (nSPS) is 10.9. The molecule has 0 aliphatic heterocycles. The molecular weight excluding hydrogens is 280 g/mol. The van der Waals surface area contributed by atoms with Crippen LogP contribution < -0.4 is 16.0 Å². The number of hydrogen-bond acceptors (Lipinski definition) is 3. The highest BCUT2D eigenvalue weighted by molar-refractivity contribution is 5.93. The Bertz CT molecular complexity index is 497. The number of rotatable bonds is 6. The first kappa shape index (κ1) is 18.0. The number of urea groups is 1. The van der Waals surface area contributed by atoms with Crippen LogP contribution in [0.3, 0.4) is 0 Å². The Hall–Kier alpha value is -2.08. The summed E-state index contributed by atoms with van der Waals surface area (Å²) >= 11 is 0. The second kappa shape index (κ2) is 8.38. The van der Waals surface area contributed by atoms with Crippen LogP contribution in [0.25, 0.3) is 0 Å². The number of carbonyl (C=O) groups excluding carboxylic acids is 2. The number of amides is 3. The van der Waals surface area contributed by atoms with E-state index in [9.17, 15) is 9.59 Å². The van der Waals surface area contributed by atoms with Crippen molar-refractivity contribution in [3.63, 3.8) is 0 Å². The van der Waals surface area contributed by atoms with E-state index in [2.05, 4.69) is 16.0 Å². The lowest BCUT2D eigenvalue weighted by Crippen LogP contribution is -2.34. The maximum atomic E-state index is 11.9. The maximum absolute atomic E-state index is 11.9. The molecule has 0 aliphatic carbocycles. The van der Waals surface area contributed by atoms with Crippen molar-refractivity contribution in [1.29, 1.82) is 0 Å². The summed E-state index contributed by atoms with van der Waals surface area (Å²) in [6.45, 7) is 8.21. The molecule has 0 aromatic heterocycles. The van der Waals surface area contributed by atoms with Crippen LogP contribution in [0.15, 0.2) is 24.3 Å². The third kappa shape index (κ3) is 6.58. The molecule has 0 spiro atoms. The zero-order valence-electron chi connectivity index (χ0n) is 13.9. The topological polar surface area (TPSA) is 73.5 Å². The number of carbonyl (C=O) groups is 2. The fourth-order valence-corrected chi connectivity index (χ4v) is 1.68. The first-order chi connectivity index (χ1) is 10.3. The Morgan fingerprint density at radius 3 is 1.95 bits per heavy atom. The molecule has 6 nitrogen and oxygen atoms in total. The zero-order chi connectivity index (χ0) is 16.7. The molecular formula is C16H26N4O2. The fraction of sp³-hybridized carbons (Fsp3) is 0.500. The molecule has 0 saturated heterocycles. The fourth-order valence-electron chi connectivity index (χ4n) is 1.68. The second-order valence-electron chi connectivity index (χ2n) is 5.89. The van der Waals surface area contributed by atoms with Gasteiger partial charge in [-0.1, -0.05) is 0 Å². The van der Waals surface area contributed by atoms with Crippen LogP contribution in [0.1, 0.15) is 27.7 Å². The minimum atomic E-state index is -0.245. The minimum Gasteiger partial charge on any atom is -0.336 e. The summed E-state index contributed by atoms with van der Waals surface area (Å²) in [6, 6.07) is 7.18. The van der Waals surface area contributed by atoms with Gasteiger partial charge in [-0.25, -0.2) is 4.79 Å². The Kier molecular flexibility index (Phi) is 6.85. The predicted octanol–water partition coefficient (Wildman–Crippen LogP) is 2.50. The quantitative estimate of drug-likeness (QED) is 0.756. The van der Waals surface area contributed by atoms with Gasteiger partial charge in [-0.05, 0) is 59.0 Å². The van der Waals surface area contributed by atoms with Crippen molar-refractivity contribution in [2.24, 2.45) is 0 Å². The van der Waals surface area contributed by atoms with E-state index >= 15 is 0 Å². The van der Waals surface area contributed by atoms with Gasteiger partial charge >= 0.3 is 6.03 Å². The molecule has 6 heteroatoms. The molecule has 1 aromatic carbocycles. The van der Waals surface area contributed by atoms with Gasteiger partial charge in [0, 0.05) is 23.5 Å². The lowest BCUT2D eigenvalue weighted by atomic mass is 10.2. The van der Waals surface area contributed by atoms with E-state index in [1.807, 2.05) is 39.6 Å². The van der Waals surface area contributed by atoms with Crippen molar-refractivity contribution in [3.05, 3.63) is 24.3 Å². The smallest absolute Gasteiger partial charge is 0.319 e. The summed E-state index contributed by atoms with van der Waals surface area (Å²) in [4.78, 5) is 25.4. The van der Waals surface area contributed by atoms with E-state index in [4.69, 9.17) is 0 Å². The number of nitrogens with zero attached hydrogens (tertiary/aromatic N) is 1. The summed E-state index contributed by atoms with van der Waals surface area (Å²) in [7, 11) is 1.91. The van der Waals surface area contributed by atoms with Gasteiger partial charge in [-0.15, -0.1) is 0 Å². The van der Waals surface area contributed by atoms with Crippen LogP contribution in [0.2, 0.25) is 0 Å². The molecule has 1 rings (SSSR count). The van der Waals surface area contributed by atoms with Crippen molar-refractivity contribution in [2.45, 2.75) is 39.8 Å². The Morgan fingerprint density at radius 2 is 1.50 bits per heavy atom. The van der Waals surface area contributed by atoms with Gasteiger partial charge in [0.15, 0.2) is 0 Å². The summed E-state index contributed by atoms with van der Waals surface area (Å²) in [5.41, 5.74) is 1.38. The van der Waals surface area contributed by atoms with Crippen LogP contribution in [-0.2, 0) is 4.79 Å². The van der Waals surface area contributed by atoms with Gasteiger partial charge in [0.05, 0.1) is 6.54 Å². The summed E-state index contributed by atoms with van der Waals surface area (Å²) < 4.78 is 0. The maximum Gasteiger partial charge on any atom is 0.319 e. The molecule has 0 aliphatic rings. The van der Waals surface area contributed by atoms with Crippen LogP contribution in [0.5, 0.6) is 0 Å². The van der Waals surface area contributed by atoms with Crippen molar-refractivity contribution in [2.75, 3.05) is 24.2 Å². The third-order valence-electron chi connectivity index (χ3n) is 3.12. The van der Waals surface area contributed by atoms with Crippen molar-refractivity contribution in [3.8, 4) is 0 Å². The third-order valence-corrected chi connectivity index (χ3v) is 3.12. The molecule has 0 fully saturated rings. The van der Waals surface area contributed by atoms with E-state index in [1.54, 1.807) is 24.3 Å². The Morgan fingerprint density at radius 1 is 1.00 bits per heavy atom. The number of benzene rings is 1. The number of likely N-dealkylation sites (N-methyl/N-ethyl adjacent to an activating group) is 1. The standard InChI is InChI=1S/C16H26N4O2/c1-11(2)17-16(22)19-14-8-6-13(7-9-14)18-15(21)10-20(5)12(3)4/h6-9,11-12H,10H2,1-5H3,(H,18,21)(H2,17,19,22). The molecule has 122 valence electrons. The average molecular weight is 306 g/mol. The number of hydrogen-bond donors (Lipinski definition) is 3. The highest BCUT2D eigenvalue weighted by Gasteiger charge is 2.09. The SMILES string of the molecule is CC(C)NC(=O)Nc1ccc(NC(=O)CN(C)C(C)C)cc1. The van der Waals surface area contributed by atoms with Crippen molar-refractivity contribution < 1.29 is 9.59 Å². The number of nitrogens with one attached hydrogen (secondary N) is 3. The molecule has 0 heterocycles. The highest BCUT2D eigenvalue weighted by atomic mass is 16.2. The van der Waals surface area contributed by atoms with Crippen LogP contribution in [0.4, 0.5) is 16.2 Å². The van der Waals surface area contributed by atoms with Gasteiger partial charge in [0.2, 0.25) is 5.91 Å². The van der Waals surface area contributed by atoms with Gasteiger partial charge in [0.25, 0.3) is 0 Å². The average Bonchev–Trinajstić information content (AvgIpc) is 2.39. The van der Waals surface area contributed by atoms with E-state index in [1.165, 1.54) is 0 Å². The molecule has 0 bridgehead atoms. The van der Waals surface area contributed by atoms with Crippen LogP contribution >= 0.6 is 0 Å². The van der Waals surface area contributed by atoms with Gasteiger partial charge < -0.3 is 16.0 Å². The first-order valence-corrected chi connectivity index (χ1v) is 7.45. The molecule has 22 heavy (non-hydrogen) atoms. The lowest BCUT2D eigenvalue weighted by molar-refractivity contribution is -0.117. The van der Waals surface area contributed by atoms with Crippen LogP contribution in [0, 0.1) is 0 Å². The summed E-state index contributed by atoms with van der Waals surface area (Å²) in [5, 5.41) is 8.31. The van der Waals surface area contributed by atoms with Crippen molar-refractivity contribution >= 4 is 23.3 Å². The van der Waals surface area contributed by atoms with E-state index < -0.39 is 0 Å². The zero-order valence-corrected chi connectivity index (χ0v) is 13.9. The Balaban J connectivity index is 2.51. The second-order valence-corrected chi connectivity index (χ2v) is 5.89. The van der Waals surface area contributed by atoms with Crippen LogP contribution in [-0.4, -0.2) is 42.5 Å². The molecule has 1 aromatic rings. The minimum absolute atomic E-state index is 0.0607. The summed E-state index contributed by atoms with van der Waals surface area (Å²) in [6.07, 6.45) is 0. The molecule has 3 N–H and O–H groups in total. The Labute approximate surface area is 132 Å². The summed E-state index contributed by atoms with van der Waals surface area (Å²) in [5.74, 6) is -0.0607. The molecule has 0 radical (unpaired) electrons. The molecule has 0 saturated carbocycles. The predicted molar refractivity (Wildman–Crippen MR) is 90.1 cm³/mol. The van der Waals surface area contributed by atoms with Crippen molar-refractivity contribution in [1.82, 2.24) is 10.2 Å². The molecule has 0 unspecified atom stereocenters. The molecule has 0 atom stereocenters.